The van der Waals surface area contributed by atoms with Crippen LogP contribution in [0.25, 0.3) is 17.4 Å². The Morgan fingerprint density at radius 1 is 1.00 bits per heavy atom. The van der Waals surface area contributed by atoms with Gasteiger partial charge in [-0.3, -0.25) is 4.79 Å². The van der Waals surface area contributed by atoms with E-state index in [2.05, 4.69) is 42.2 Å². The first kappa shape index (κ1) is 18.3. The number of thioether (sulfide) groups is 1. The summed E-state index contributed by atoms with van der Waals surface area (Å²) in [5.74, 6) is 1.18. The van der Waals surface area contributed by atoms with Crippen molar-refractivity contribution in [1.82, 2.24) is 5.32 Å². The summed E-state index contributed by atoms with van der Waals surface area (Å²) >= 11 is 8.16. The second-order valence-electron chi connectivity index (χ2n) is 5.64. The Hall–Kier alpha value is -2.09. The maximum atomic E-state index is 12.2. The van der Waals surface area contributed by atoms with Crippen molar-refractivity contribution in [1.29, 1.82) is 0 Å². The van der Waals surface area contributed by atoms with E-state index < -0.39 is 0 Å². The Morgan fingerprint density at radius 2 is 1.78 bits per heavy atom. The number of nitrogens with one attached hydrogen (secondary N) is 1. The van der Waals surface area contributed by atoms with Crippen LogP contribution in [-0.2, 0) is 4.79 Å². The summed E-state index contributed by atoms with van der Waals surface area (Å²) in [5.41, 5.74) is 1.74. The van der Waals surface area contributed by atoms with Crippen molar-refractivity contribution < 1.29 is 9.21 Å². The molecule has 0 radical (unpaired) electrons. The lowest BCUT2D eigenvalue weighted by Crippen LogP contribution is -2.19. The van der Waals surface area contributed by atoms with Crippen LogP contribution in [0.2, 0.25) is 0 Å². The molecule has 3 aromatic rings. The Kier molecular flexibility index (Phi) is 5.33. The Bertz CT molecular complexity index is 1070. The Balaban J connectivity index is 1.55. The van der Waals surface area contributed by atoms with E-state index in [-0.39, 0.29) is 5.91 Å². The summed E-state index contributed by atoms with van der Waals surface area (Å²) in [5, 5.41) is 3.32. The molecule has 7 heteroatoms. The van der Waals surface area contributed by atoms with E-state index >= 15 is 0 Å². The number of hydrogen-bond donors (Lipinski definition) is 1. The van der Waals surface area contributed by atoms with Gasteiger partial charge in [0.25, 0.3) is 5.91 Å². The highest BCUT2D eigenvalue weighted by atomic mass is 79.9. The molecule has 0 unspecified atom stereocenters. The fourth-order valence-corrected chi connectivity index (χ4v) is 3.91. The average Bonchev–Trinajstić information content (AvgIpc) is 3.25. The van der Waals surface area contributed by atoms with Gasteiger partial charge in [0.2, 0.25) is 0 Å². The molecule has 134 valence electrons. The molecular weight excluding hydrogens is 492 g/mol. The quantitative estimate of drug-likeness (QED) is 0.423. The number of halogens is 2. The summed E-state index contributed by atoms with van der Waals surface area (Å²) in [4.78, 5) is 17.3. The molecule has 0 bridgehead atoms. The van der Waals surface area contributed by atoms with Crippen molar-refractivity contribution in [3.8, 4) is 11.3 Å². The van der Waals surface area contributed by atoms with E-state index in [4.69, 9.17) is 4.42 Å². The lowest BCUT2D eigenvalue weighted by molar-refractivity contribution is -0.115. The number of carbonyl (C=O) groups excluding carboxylic acids is 1. The van der Waals surface area contributed by atoms with Crippen LogP contribution in [0.3, 0.4) is 0 Å². The van der Waals surface area contributed by atoms with E-state index in [1.807, 2.05) is 60.7 Å². The second-order valence-corrected chi connectivity index (χ2v) is 8.44. The number of benzene rings is 2. The first-order valence-electron chi connectivity index (χ1n) is 7.98. The van der Waals surface area contributed by atoms with E-state index in [1.165, 1.54) is 11.8 Å². The number of amides is 1. The van der Waals surface area contributed by atoms with E-state index in [9.17, 15) is 4.79 Å². The van der Waals surface area contributed by atoms with Crippen molar-refractivity contribution in [2.75, 3.05) is 0 Å². The Labute approximate surface area is 177 Å². The molecule has 2 aromatic carbocycles. The molecule has 0 atom stereocenters. The minimum atomic E-state index is -0.188. The van der Waals surface area contributed by atoms with Gasteiger partial charge < -0.3 is 9.73 Å². The summed E-state index contributed by atoms with van der Waals surface area (Å²) in [6.45, 7) is 0. The predicted octanol–water partition coefficient (Wildman–Crippen LogP) is 6.36. The molecule has 1 fully saturated rings. The van der Waals surface area contributed by atoms with E-state index in [0.29, 0.717) is 15.8 Å². The normalized spacial score (nSPS) is 16.9. The van der Waals surface area contributed by atoms with Gasteiger partial charge in [-0.25, -0.2) is 4.99 Å². The van der Waals surface area contributed by atoms with Crippen molar-refractivity contribution >= 4 is 66.5 Å². The van der Waals surface area contributed by atoms with Crippen molar-refractivity contribution in [2.24, 2.45) is 4.99 Å². The third-order valence-electron chi connectivity index (χ3n) is 3.75. The summed E-state index contributed by atoms with van der Waals surface area (Å²) in [6.07, 6.45) is 1.73. The fourth-order valence-electron chi connectivity index (χ4n) is 2.46. The maximum Gasteiger partial charge on any atom is 0.264 e. The highest BCUT2D eigenvalue weighted by Gasteiger charge is 2.24. The van der Waals surface area contributed by atoms with Gasteiger partial charge in [0.1, 0.15) is 11.5 Å². The molecule has 0 spiro atoms. The first-order chi connectivity index (χ1) is 13.1. The number of para-hydroxylation sites is 1. The highest BCUT2D eigenvalue weighted by molar-refractivity contribution is 9.10. The van der Waals surface area contributed by atoms with Crippen LogP contribution in [0.5, 0.6) is 0 Å². The number of amidine groups is 1. The average molecular weight is 504 g/mol. The minimum Gasteiger partial charge on any atom is -0.457 e. The minimum absolute atomic E-state index is 0.188. The monoisotopic (exact) mass is 502 g/mol. The largest absolute Gasteiger partial charge is 0.457 e. The number of nitrogens with zero attached hydrogens (tertiary/aromatic N) is 1. The van der Waals surface area contributed by atoms with Crippen molar-refractivity contribution in [2.45, 2.75) is 0 Å². The zero-order valence-corrected chi connectivity index (χ0v) is 17.8. The van der Waals surface area contributed by atoms with Crippen LogP contribution < -0.4 is 5.32 Å². The summed E-state index contributed by atoms with van der Waals surface area (Å²) in [6, 6.07) is 19.2. The van der Waals surface area contributed by atoms with Gasteiger partial charge in [0, 0.05) is 20.6 Å². The number of carbonyl (C=O) groups is 1. The number of furan rings is 1. The van der Waals surface area contributed by atoms with Crippen LogP contribution in [0.4, 0.5) is 5.69 Å². The maximum absolute atomic E-state index is 12.2. The summed E-state index contributed by atoms with van der Waals surface area (Å²) < 4.78 is 7.74. The highest BCUT2D eigenvalue weighted by Crippen LogP contribution is 2.32. The molecule has 1 amide bonds. The van der Waals surface area contributed by atoms with Gasteiger partial charge in [-0.15, -0.1) is 0 Å². The molecule has 1 aliphatic heterocycles. The topological polar surface area (TPSA) is 54.6 Å². The van der Waals surface area contributed by atoms with Gasteiger partial charge >= 0.3 is 0 Å². The molecule has 1 aliphatic rings. The molecule has 0 aliphatic carbocycles. The van der Waals surface area contributed by atoms with Gasteiger partial charge in [-0.1, -0.05) is 40.2 Å². The third-order valence-corrected chi connectivity index (χ3v) is 5.86. The lowest BCUT2D eigenvalue weighted by Gasteiger charge is -1.98. The fraction of sp³-hybridized carbons (Fsp3) is 0. The predicted molar refractivity (Wildman–Crippen MR) is 117 cm³/mol. The number of rotatable bonds is 3. The van der Waals surface area contributed by atoms with Crippen molar-refractivity contribution in [3.63, 3.8) is 0 Å². The molecule has 2 heterocycles. The number of aliphatic imine (C=N–C) groups is 1. The third kappa shape index (κ3) is 4.26. The Morgan fingerprint density at radius 3 is 2.56 bits per heavy atom. The van der Waals surface area contributed by atoms with Crippen molar-refractivity contribution in [3.05, 3.63) is 80.3 Å². The number of hydrogen-bond acceptors (Lipinski definition) is 4. The van der Waals surface area contributed by atoms with Crippen LogP contribution in [0.1, 0.15) is 5.76 Å². The van der Waals surface area contributed by atoms with Crippen LogP contribution in [0.15, 0.2) is 83.9 Å². The smallest absolute Gasteiger partial charge is 0.264 e. The summed E-state index contributed by atoms with van der Waals surface area (Å²) in [7, 11) is 0. The van der Waals surface area contributed by atoms with Crippen LogP contribution in [0, 0.1) is 0 Å². The van der Waals surface area contributed by atoms with E-state index in [1.54, 1.807) is 6.08 Å². The molecular formula is C20H12Br2N2O2S. The van der Waals surface area contributed by atoms with Crippen LogP contribution >= 0.6 is 43.6 Å². The van der Waals surface area contributed by atoms with E-state index in [0.717, 1.165) is 26.0 Å². The zero-order valence-electron chi connectivity index (χ0n) is 13.8. The molecule has 1 aromatic heterocycles. The standard InChI is InChI=1S/C20H12Br2N2O2S/c21-13-7-5-12(6-8-13)17-10-9-14(26-17)11-18-19(25)24-20(27-18)23-16-4-2-1-3-15(16)22/h1-11H,(H,23,24,25). The van der Waals surface area contributed by atoms with Gasteiger partial charge in [-0.05, 0) is 64.1 Å². The molecule has 1 saturated heterocycles. The van der Waals surface area contributed by atoms with Crippen LogP contribution in [-0.4, -0.2) is 11.1 Å². The lowest BCUT2D eigenvalue weighted by atomic mass is 10.2. The molecule has 4 nitrogen and oxygen atoms in total. The SMILES string of the molecule is O=C1NC(=Nc2ccccc2Br)SC1=Cc1ccc(-c2ccc(Br)cc2)o1. The molecule has 4 rings (SSSR count). The molecule has 0 saturated carbocycles. The molecule has 1 N–H and O–H groups in total. The van der Waals surface area contributed by atoms with Gasteiger partial charge in [0.15, 0.2) is 5.17 Å². The van der Waals surface area contributed by atoms with Gasteiger partial charge in [-0.2, -0.15) is 0 Å². The first-order valence-corrected chi connectivity index (χ1v) is 10.4. The molecule has 27 heavy (non-hydrogen) atoms. The van der Waals surface area contributed by atoms with Gasteiger partial charge in [0.05, 0.1) is 10.6 Å². The zero-order chi connectivity index (χ0) is 18.8. The second kappa shape index (κ2) is 7.88.